The Morgan fingerprint density at radius 2 is 1.61 bits per heavy atom. The molecule has 0 aliphatic carbocycles. The van der Waals surface area contributed by atoms with Crippen LogP contribution in [0.5, 0.6) is 11.5 Å². The first kappa shape index (κ1) is 21.3. The number of benzene rings is 2. The van der Waals surface area contributed by atoms with Crippen LogP contribution >= 0.6 is 0 Å². The summed E-state index contributed by atoms with van der Waals surface area (Å²) >= 11 is 0. The van der Waals surface area contributed by atoms with Gasteiger partial charge in [-0.3, -0.25) is 9.59 Å². The van der Waals surface area contributed by atoms with Crippen LogP contribution in [0.1, 0.15) is 43.6 Å². The lowest BCUT2D eigenvalue weighted by Crippen LogP contribution is -2.41. The number of nitrogens with one attached hydrogen (secondary N) is 2. The van der Waals surface area contributed by atoms with Crippen molar-refractivity contribution >= 4 is 17.5 Å². The maximum atomic E-state index is 12.5. The highest BCUT2D eigenvalue weighted by atomic mass is 16.5. The fourth-order valence-corrected chi connectivity index (χ4v) is 2.61. The lowest BCUT2D eigenvalue weighted by molar-refractivity contribution is -0.117. The number of methoxy groups -OCH3 is 2. The largest absolute Gasteiger partial charge is 0.497 e. The number of anilines is 1. The van der Waals surface area contributed by atoms with Crippen molar-refractivity contribution in [1.29, 1.82) is 0 Å². The standard InChI is InChI=1S/C22H28N2O4/c1-14(20(25)24-18-12-11-17(27-5)13-19(18)28-6)23-21(26)15-7-9-16(10-8-15)22(2,3)4/h7-14H,1-6H3,(H,23,26)(H,24,25)/t14-/m0/s1. The van der Waals surface area contributed by atoms with Gasteiger partial charge in [0.05, 0.1) is 19.9 Å². The van der Waals surface area contributed by atoms with Gasteiger partial charge in [-0.15, -0.1) is 0 Å². The Hall–Kier alpha value is -3.02. The molecule has 28 heavy (non-hydrogen) atoms. The van der Waals surface area contributed by atoms with Gasteiger partial charge in [0.2, 0.25) is 5.91 Å². The minimum Gasteiger partial charge on any atom is -0.497 e. The summed E-state index contributed by atoms with van der Waals surface area (Å²) in [5.41, 5.74) is 2.17. The second kappa shape index (κ2) is 8.78. The van der Waals surface area contributed by atoms with E-state index in [1.165, 1.54) is 7.11 Å². The number of carbonyl (C=O) groups excluding carboxylic acids is 2. The topological polar surface area (TPSA) is 76.7 Å². The van der Waals surface area contributed by atoms with Gasteiger partial charge in [0, 0.05) is 11.6 Å². The molecule has 2 rings (SSSR count). The van der Waals surface area contributed by atoms with Gasteiger partial charge in [0.1, 0.15) is 17.5 Å². The van der Waals surface area contributed by atoms with E-state index in [2.05, 4.69) is 31.4 Å². The molecular formula is C22H28N2O4. The molecule has 2 amide bonds. The Balaban J connectivity index is 2.03. The van der Waals surface area contributed by atoms with E-state index in [0.717, 1.165) is 5.56 Å². The quantitative estimate of drug-likeness (QED) is 0.795. The molecule has 0 saturated carbocycles. The van der Waals surface area contributed by atoms with E-state index in [1.807, 2.05) is 12.1 Å². The molecule has 0 aliphatic heterocycles. The Morgan fingerprint density at radius 1 is 0.964 bits per heavy atom. The van der Waals surface area contributed by atoms with E-state index < -0.39 is 6.04 Å². The van der Waals surface area contributed by atoms with Crippen molar-refractivity contribution in [3.8, 4) is 11.5 Å². The first-order chi connectivity index (χ1) is 13.2. The van der Waals surface area contributed by atoms with Crippen molar-refractivity contribution in [2.24, 2.45) is 0 Å². The molecule has 2 N–H and O–H groups in total. The summed E-state index contributed by atoms with van der Waals surface area (Å²) in [6.45, 7) is 7.97. The predicted molar refractivity (Wildman–Crippen MR) is 110 cm³/mol. The van der Waals surface area contributed by atoms with Crippen LogP contribution in [0.15, 0.2) is 42.5 Å². The first-order valence-electron chi connectivity index (χ1n) is 9.10. The summed E-state index contributed by atoms with van der Waals surface area (Å²) in [6, 6.07) is 11.8. The molecule has 0 fully saturated rings. The molecule has 6 heteroatoms. The van der Waals surface area contributed by atoms with Crippen LogP contribution in [0.3, 0.4) is 0 Å². The average Bonchev–Trinajstić information content (AvgIpc) is 2.67. The number of carbonyl (C=O) groups is 2. The molecule has 150 valence electrons. The van der Waals surface area contributed by atoms with Crippen LogP contribution in [0.4, 0.5) is 5.69 Å². The van der Waals surface area contributed by atoms with E-state index >= 15 is 0 Å². The summed E-state index contributed by atoms with van der Waals surface area (Å²) in [4.78, 5) is 24.9. The second-order valence-corrected chi connectivity index (χ2v) is 7.58. The average molecular weight is 384 g/mol. The second-order valence-electron chi connectivity index (χ2n) is 7.58. The third-order valence-electron chi connectivity index (χ3n) is 4.42. The summed E-state index contributed by atoms with van der Waals surface area (Å²) < 4.78 is 10.4. The highest BCUT2D eigenvalue weighted by Crippen LogP contribution is 2.29. The summed E-state index contributed by atoms with van der Waals surface area (Å²) in [5, 5.41) is 5.48. The lowest BCUT2D eigenvalue weighted by atomic mass is 9.86. The molecule has 0 saturated heterocycles. The summed E-state index contributed by atoms with van der Waals surface area (Å²) in [5.74, 6) is 0.451. The molecule has 0 heterocycles. The van der Waals surface area contributed by atoms with Gasteiger partial charge in [0.15, 0.2) is 0 Å². The van der Waals surface area contributed by atoms with Crippen LogP contribution < -0.4 is 20.1 Å². The number of ether oxygens (including phenoxy) is 2. The smallest absolute Gasteiger partial charge is 0.251 e. The zero-order valence-electron chi connectivity index (χ0n) is 17.3. The van der Waals surface area contributed by atoms with Gasteiger partial charge < -0.3 is 20.1 Å². The fraction of sp³-hybridized carbons (Fsp3) is 0.364. The third-order valence-corrected chi connectivity index (χ3v) is 4.42. The predicted octanol–water partition coefficient (Wildman–Crippen LogP) is 3.76. The fourth-order valence-electron chi connectivity index (χ4n) is 2.61. The Kier molecular flexibility index (Phi) is 6.67. The molecule has 2 aromatic rings. The maximum Gasteiger partial charge on any atom is 0.251 e. The zero-order chi connectivity index (χ0) is 20.9. The van der Waals surface area contributed by atoms with Crippen molar-refractivity contribution in [3.05, 3.63) is 53.6 Å². The van der Waals surface area contributed by atoms with Crippen LogP contribution in [-0.4, -0.2) is 32.1 Å². The molecule has 0 spiro atoms. The molecule has 0 aliphatic rings. The van der Waals surface area contributed by atoms with E-state index in [9.17, 15) is 9.59 Å². The zero-order valence-corrected chi connectivity index (χ0v) is 17.3. The van der Waals surface area contributed by atoms with Crippen LogP contribution in [0.25, 0.3) is 0 Å². The monoisotopic (exact) mass is 384 g/mol. The molecule has 0 aromatic heterocycles. The number of hydrogen-bond acceptors (Lipinski definition) is 4. The van der Waals surface area contributed by atoms with Gasteiger partial charge >= 0.3 is 0 Å². The highest BCUT2D eigenvalue weighted by molar-refractivity contribution is 6.01. The van der Waals surface area contributed by atoms with E-state index in [-0.39, 0.29) is 17.2 Å². The lowest BCUT2D eigenvalue weighted by Gasteiger charge is -2.19. The van der Waals surface area contributed by atoms with Crippen LogP contribution in [0, 0.1) is 0 Å². The molecule has 0 unspecified atom stereocenters. The van der Waals surface area contributed by atoms with Crippen LogP contribution in [-0.2, 0) is 10.2 Å². The molecule has 1 atom stereocenters. The summed E-state index contributed by atoms with van der Waals surface area (Å²) in [6.07, 6.45) is 0. The maximum absolute atomic E-state index is 12.5. The Labute approximate surface area is 166 Å². The van der Waals surface area contributed by atoms with Crippen molar-refractivity contribution in [1.82, 2.24) is 5.32 Å². The molecule has 0 bridgehead atoms. The van der Waals surface area contributed by atoms with Gasteiger partial charge in [-0.1, -0.05) is 32.9 Å². The van der Waals surface area contributed by atoms with Gasteiger partial charge in [-0.25, -0.2) is 0 Å². The molecule has 6 nitrogen and oxygen atoms in total. The molecule has 0 radical (unpaired) electrons. The van der Waals surface area contributed by atoms with Crippen molar-refractivity contribution in [2.75, 3.05) is 19.5 Å². The normalized spacial score (nSPS) is 12.1. The van der Waals surface area contributed by atoms with Crippen molar-refractivity contribution in [3.63, 3.8) is 0 Å². The van der Waals surface area contributed by atoms with Crippen molar-refractivity contribution < 1.29 is 19.1 Å². The van der Waals surface area contributed by atoms with E-state index in [4.69, 9.17) is 9.47 Å². The van der Waals surface area contributed by atoms with E-state index in [0.29, 0.717) is 22.7 Å². The van der Waals surface area contributed by atoms with Gasteiger partial charge in [-0.2, -0.15) is 0 Å². The number of rotatable bonds is 6. The number of amides is 2. The minimum atomic E-state index is -0.721. The Bertz CT molecular complexity index is 839. The summed E-state index contributed by atoms with van der Waals surface area (Å²) in [7, 11) is 3.07. The number of hydrogen-bond donors (Lipinski definition) is 2. The Morgan fingerprint density at radius 3 is 2.14 bits per heavy atom. The van der Waals surface area contributed by atoms with E-state index in [1.54, 1.807) is 44.4 Å². The van der Waals surface area contributed by atoms with Gasteiger partial charge in [-0.05, 0) is 42.2 Å². The third kappa shape index (κ3) is 5.25. The minimum absolute atomic E-state index is 0.0135. The molecular weight excluding hydrogens is 356 g/mol. The van der Waals surface area contributed by atoms with Crippen molar-refractivity contribution in [2.45, 2.75) is 39.2 Å². The van der Waals surface area contributed by atoms with Gasteiger partial charge in [0.25, 0.3) is 5.91 Å². The first-order valence-corrected chi connectivity index (χ1v) is 9.10. The van der Waals surface area contributed by atoms with Crippen LogP contribution in [0.2, 0.25) is 0 Å². The SMILES string of the molecule is COc1ccc(NC(=O)[C@H](C)NC(=O)c2ccc(C(C)(C)C)cc2)c(OC)c1. The molecule has 2 aromatic carbocycles. The highest BCUT2D eigenvalue weighted by Gasteiger charge is 2.19.